The Labute approximate surface area is 96.9 Å². The van der Waals surface area contributed by atoms with E-state index < -0.39 is 0 Å². The molecule has 0 amide bonds. The number of methoxy groups -OCH3 is 1. The zero-order valence-corrected chi connectivity index (χ0v) is 10.1. The Balaban J connectivity index is 2.49. The standard InChI is InChI=1S/C12H21NO3/c1-3-10(12(15)16-2)6-7-13(8-9-14)11-4-5-11/h6,11,14H,3-5,7-9H2,1-2H3. The molecule has 1 aliphatic rings. The summed E-state index contributed by atoms with van der Waals surface area (Å²) < 4.78 is 4.70. The molecule has 4 heteroatoms. The number of nitrogens with zero attached hydrogens (tertiary/aromatic N) is 1. The number of aliphatic hydroxyl groups excluding tert-OH is 1. The fraction of sp³-hybridized carbons (Fsp3) is 0.750. The maximum Gasteiger partial charge on any atom is 0.333 e. The van der Waals surface area contributed by atoms with Gasteiger partial charge < -0.3 is 9.84 Å². The van der Waals surface area contributed by atoms with Crippen LogP contribution in [0.4, 0.5) is 0 Å². The first-order valence-corrected chi connectivity index (χ1v) is 5.85. The minimum atomic E-state index is -0.248. The van der Waals surface area contributed by atoms with Crippen molar-refractivity contribution in [1.82, 2.24) is 4.90 Å². The van der Waals surface area contributed by atoms with Crippen LogP contribution in [0.3, 0.4) is 0 Å². The van der Waals surface area contributed by atoms with Gasteiger partial charge in [0, 0.05) is 24.7 Å². The Bertz CT molecular complexity index is 259. The molecule has 0 bridgehead atoms. The maximum absolute atomic E-state index is 11.3. The lowest BCUT2D eigenvalue weighted by Gasteiger charge is -2.19. The number of hydrogen-bond donors (Lipinski definition) is 1. The summed E-state index contributed by atoms with van der Waals surface area (Å²) in [5.74, 6) is -0.248. The minimum Gasteiger partial charge on any atom is -0.466 e. The highest BCUT2D eigenvalue weighted by atomic mass is 16.5. The zero-order chi connectivity index (χ0) is 12.0. The molecule has 4 nitrogen and oxygen atoms in total. The molecule has 0 spiro atoms. The van der Waals surface area contributed by atoms with E-state index in [1.54, 1.807) is 0 Å². The van der Waals surface area contributed by atoms with Crippen LogP contribution < -0.4 is 0 Å². The Hall–Kier alpha value is -0.870. The molecule has 0 aromatic rings. The van der Waals surface area contributed by atoms with Gasteiger partial charge in [-0.2, -0.15) is 0 Å². The third-order valence-electron chi connectivity index (χ3n) is 2.85. The number of hydrogen-bond acceptors (Lipinski definition) is 4. The molecule has 1 aliphatic carbocycles. The lowest BCUT2D eigenvalue weighted by Crippen LogP contribution is -2.29. The fourth-order valence-electron chi connectivity index (χ4n) is 1.72. The molecule has 0 aromatic carbocycles. The number of carbonyl (C=O) groups excluding carboxylic acids is 1. The van der Waals surface area contributed by atoms with Crippen LogP contribution in [-0.2, 0) is 9.53 Å². The van der Waals surface area contributed by atoms with Crippen molar-refractivity contribution in [2.75, 3.05) is 26.8 Å². The average molecular weight is 227 g/mol. The van der Waals surface area contributed by atoms with Gasteiger partial charge in [-0.05, 0) is 19.3 Å². The minimum absolute atomic E-state index is 0.171. The summed E-state index contributed by atoms with van der Waals surface area (Å²) in [5.41, 5.74) is 0.714. The van der Waals surface area contributed by atoms with Gasteiger partial charge in [0.1, 0.15) is 0 Å². The van der Waals surface area contributed by atoms with Crippen molar-refractivity contribution in [3.05, 3.63) is 11.6 Å². The van der Waals surface area contributed by atoms with E-state index in [4.69, 9.17) is 9.84 Å². The van der Waals surface area contributed by atoms with Crippen molar-refractivity contribution in [3.63, 3.8) is 0 Å². The molecule has 1 N–H and O–H groups in total. The molecule has 1 rings (SSSR count). The summed E-state index contributed by atoms with van der Waals surface area (Å²) >= 11 is 0. The monoisotopic (exact) mass is 227 g/mol. The lowest BCUT2D eigenvalue weighted by atomic mass is 10.2. The smallest absolute Gasteiger partial charge is 0.333 e. The van der Waals surface area contributed by atoms with Gasteiger partial charge in [0.05, 0.1) is 13.7 Å². The molecule has 92 valence electrons. The zero-order valence-electron chi connectivity index (χ0n) is 10.1. The normalized spacial score (nSPS) is 16.6. The summed E-state index contributed by atoms with van der Waals surface area (Å²) in [7, 11) is 1.40. The molecule has 1 fully saturated rings. The Morgan fingerprint density at radius 2 is 2.25 bits per heavy atom. The van der Waals surface area contributed by atoms with Crippen LogP contribution >= 0.6 is 0 Å². The first-order valence-electron chi connectivity index (χ1n) is 5.85. The molecular formula is C12H21NO3. The number of esters is 1. The van der Waals surface area contributed by atoms with E-state index in [0.29, 0.717) is 24.6 Å². The van der Waals surface area contributed by atoms with Gasteiger partial charge in [-0.1, -0.05) is 13.0 Å². The molecule has 0 heterocycles. The molecule has 0 saturated heterocycles. The van der Waals surface area contributed by atoms with Crippen molar-refractivity contribution in [2.24, 2.45) is 0 Å². The first kappa shape index (κ1) is 13.2. The molecule has 0 atom stereocenters. The van der Waals surface area contributed by atoms with Crippen LogP contribution in [0, 0.1) is 0 Å². The van der Waals surface area contributed by atoms with E-state index >= 15 is 0 Å². The highest BCUT2D eigenvalue weighted by Crippen LogP contribution is 2.26. The number of ether oxygens (including phenoxy) is 1. The van der Waals surface area contributed by atoms with Gasteiger partial charge in [-0.15, -0.1) is 0 Å². The number of carbonyl (C=O) groups is 1. The topological polar surface area (TPSA) is 49.8 Å². The van der Waals surface area contributed by atoms with Gasteiger partial charge >= 0.3 is 5.97 Å². The van der Waals surface area contributed by atoms with Crippen LogP contribution in [0.1, 0.15) is 26.2 Å². The van der Waals surface area contributed by atoms with E-state index in [-0.39, 0.29) is 12.6 Å². The molecule has 16 heavy (non-hydrogen) atoms. The van der Waals surface area contributed by atoms with Crippen LogP contribution in [-0.4, -0.2) is 48.8 Å². The highest BCUT2D eigenvalue weighted by molar-refractivity contribution is 5.88. The van der Waals surface area contributed by atoms with E-state index in [2.05, 4.69) is 4.90 Å². The Morgan fingerprint density at radius 3 is 2.69 bits per heavy atom. The van der Waals surface area contributed by atoms with E-state index in [1.165, 1.54) is 20.0 Å². The Morgan fingerprint density at radius 1 is 1.56 bits per heavy atom. The van der Waals surface area contributed by atoms with Crippen LogP contribution in [0.15, 0.2) is 11.6 Å². The predicted molar refractivity (Wildman–Crippen MR) is 62.1 cm³/mol. The molecule has 0 aliphatic heterocycles. The summed E-state index contributed by atoms with van der Waals surface area (Å²) in [6, 6.07) is 0.596. The largest absolute Gasteiger partial charge is 0.466 e. The number of aliphatic hydroxyl groups is 1. The van der Waals surface area contributed by atoms with E-state index in [0.717, 1.165) is 6.54 Å². The second kappa shape index (κ2) is 6.66. The summed E-state index contributed by atoms with van der Waals surface area (Å²) in [5, 5.41) is 8.94. The molecule has 0 radical (unpaired) electrons. The summed E-state index contributed by atoms with van der Waals surface area (Å²) in [6.07, 6.45) is 5.01. The quantitative estimate of drug-likeness (QED) is 0.520. The highest BCUT2D eigenvalue weighted by Gasteiger charge is 2.27. The average Bonchev–Trinajstić information content (AvgIpc) is 3.11. The molecule has 1 saturated carbocycles. The Kier molecular flexibility index (Phi) is 5.49. The van der Waals surface area contributed by atoms with Crippen LogP contribution in [0.5, 0.6) is 0 Å². The summed E-state index contributed by atoms with van der Waals surface area (Å²) in [6.45, 7) is 3.52. The SMILES string of the molecule is CCC(=CCN(CCO)C1CC1)C(=O)OC. The lowest BCUT2D eigenvalue weighted by molar-refractivity contribution is -0.136. The molecule has 0 aromatic heterocycles. The van der Waals surface area contributed by atoms with Crippen molar-refractivity contribution < 1.29 is 14.6 Å². The second-order valence-electron chi connectivity index (χ2n) is 4.02. The van der Waals surface area contributed by atoms with Gasteiger partial charge in [0.15, 0.2) is 0 Å². The van der Waals surface area contributed by atoms with Crippen molar-refractivity contribution in [1.29, 1.82) is 0 Å². The molecular weight excluding hydrogens is 206 g/mol. The van der Waals surface area contributed by atoms with E-state index in [1.807, 2.05) is 13.0 Å². The van der Waals surface area contributed by atoms with Crippen LogP contribution in [0.25, 0.3) is 0 Å². The summed E-state index contributed by atoms with van der Waals surface area (Å²) in [4.78, 5) is 13.5. The third kappa shape index (κ3) is 3.94. The van der Waals surface area contributed by atoms with Gasteiger partial charge in [0.25, 0.3) is 0 Å². The second-order valence-corrected chi connectivity index (χ2v) is 4.02. The van der Waals surface area contributed by atoms with Crippen molar-refractivity contribution >= 4 is 5.97 Å². The maximum atomic E-state index is 11.3. The van der Waals surface area contributed by atoms with Gasteiger partial charge in [-0.3, -0.25) is 4.90 Å². The third-order valence-corrected chi connectivity index (χ3v) is 2.85. The van der Waals surface area contributed by atoms with Gasteiger partial charge in [-0.25, -0.2) is 4.79 Å². The van der Waals surface area contributed by atoms with Crippen molar-refractivity contribution in [2.45, 2.75) is 32.2 Å². The predicted octanol–water partition coefficient (Wildman–Crippen LogP) is 0.952. The first-order chi connectivity index (χ1) is 7.72. The van der Waals surface area contributed by atoms with Crippen molar-refractivity contribution in [3.8, 4) is 0 Å². The number of rotatable bonds is 7. The fourth-order valence-corrected chi connectivity index (χ4v) is 1.72. The van der Waals surface area contributed by atoms with E-state index in [9.17, 15) is 4.79 Å². The molecule has 0 unspecified atom stereocenters. The van der Waals surface area contributed by atoms with Gasteiger partial charge in [0.2, 0.25) is 0 Å². The van der Waals surface area contributed by atoms with Crippen LogP contribution in [0.2, 0.25) is 0 Å².